The second-order valence-electron chi connectivity index (χ2n) is 5.80. The van der Waals surface area contributed by atoms with Crippen LogP contribution in [0, 0.1) is 6.92 Å². The fourth-order valence-electron chi connectivity index (χ4n) is 2.37. The van der Waals surface area contributed by atoms with E-state index in [0.29, 0.717) is 10.6 Å². The van der Waals surface area contributed by atoms with Crippen molar-refractivity contribution in [2.45, 2.75) is 26.9 Å². The van der Waals surface area contributed by atoms with Crippen LogP contribution in [0.1, 0.15) is 39.4 Å². The van der Waals surface area contributed by atoms with Crippen molar-refractivity contribution in [3.8, 4) is 5.75 Å². The van der Waals surface area contributed by atoms with E-state index in [0.717, 1.165) is 11.3 Å². The van der Waals surface area contributed by atoms with Crippen LogP contribution in [-0.4, -0.2) is 37.7 Å². The van der Waals surface area contributed by atoms with E-state index in [-0.39, 0.29) is 32.8 Å². The molecule has 0 radical (unpaired) electrons. The molecule has 156 valence electrons. The molecule has 0 aliphatic heterocycles. The lowest BCUT2D eigenvalue weighted by atomic mass is 10.1. The van der Waals surface area contributed by atoms with Crippen molar-refractivity contribution in [2.24, 2.45) is 0 Å². The first-order valence-corrected chi connectivity index (χ1v) is 10.1. The Bertz CT molecular complexity index is 943. The zero-order valence-corrected chi connectivity index (χ0v) is 18.5. The Kier molecular flexibility index (Phi) is 7.89. The Morgan fingerprint density at radius 2 is 1.90 bits per heavy atom. The predicted octanol–water partition coefficient (Wildman–Crippen LogP) is 4.73. The lowest BCUT2D eigenvalue weighted by Gasteiger charge is -2.15. The van der Waals surface area contributed by atoms with Crippen LogP contribution in [0.4, 0.5) is 5.00 Å². The number of benzene rings is 1. The van der Waals surface area contributed by atoms with E-state index in [1.807, 2.05) is 0 Å². The molecule has 1 atom stereocenters. The van der Waals surface area contributed by atoms with Crippen LogP contribution in [0.2, 0.25) is 10.0 Å². The number of carbonyl (C=O) groups excluding carboxylic acids is 3. The summed E-state index contributed by atoms with van der Waals surface area (Å²) in [5.74, 6) is -1.53. The van der Waals surface area contributed by atoms with Crippen LogP contribution in [0.15, 0.2) is 18.2 Å². The molecule has 29 heavy (non-hydrogen) atoms. The van der Waals surface area contributed by atoms with Gasteiger partial charge in [0.2, 0.25) is 0 Å². The molecule has 1 aromatic heterocycles. The molecule has 7 nitrogen and oxygen atoms in total. The molecule has 0 bridgehead atoms. The number of rotatable bonds is 7. The minimum absolute atomic E-state index is 0.0994. The first kappa shape index (κ1) is 23.0. The summed E-state index contributed by atoms with van der Waals surface area (Å²) in [6, 6.07) is 4.62. The lowest BCUT2D eigenvalue weighted by molar-refractivity contribution is -0.122. The molecule has 2 rings (SSSR count). The smallest absolute Gasteiger partial charge is 0.348 e. The van der Waals surface area contributed by atoms with Gasteiger partial charge in [0.25, 0.3) is 5.91 Å². The quantitative estimate of drug-likeness (QED) is 0.601. The number of anilines is 1. The SMILES string of the molecule is CCOC(=O)c1c(NC(=O)[C@@H](C)Oc2ccc(Cl)cc2Cl)sc(C(=O)OC)c1C. The van der Waals surface area contributed by atoms with Gasteiger partial charge in [0.15, 0.2) is 6.10 Å². The Balaban J connectivity index is 2.27. The van der Waals surface area contributed by atoms with Gasteiger partial charge in [-0.05, 0) is 44.5 Å². The first-order chi connectivity index (χ1) is 13.7. The van der Waals surface area contributed by atoms with Crippen LogP contribution in [0.5, 0.6) is 5.75 Å². The lowest BCUT2D eigenvalue weighted by Crippen LogP contribution is -2.30. The van der Waals surface area contributed by atoms with Crippen molar-refractivity contribution in [1.29, 1.82) is 0 Å². The molecular formula is C19H19Cl2NO6S. The number of halogens is 2. The van der Waals surface area contributed by atoms with Crippen molar-refractivity contribution in [1.82, 2.24) is 0 Å². The van der Waals surface area contributed by atoms with Crippen molar-refractivity contribution in [3.05, 3.63) is 44.2 Å². The van der Waals surface area contributed by atoms with Gasteiger partial charge in [-0.15, -0.1) is 11.3 Å². The van der Waals surface area contributed by atoms with Gasteiger partial charge in [0.1, 0.15) is 15.6 Å². The van der Waals surface area contributed by atoms with Crippen molar-refractivity contribution in [3.63, 3.8) is 0 Å². The van der Waals surface area contributed by atoms with Gasteiger partial charge in [-0.3, -0.25) is 4.79 Å². The van der Waals surface area contributed by atoms with Crippen molar-refractivity contribution >= 4 is 57.4 Å². The first-order valence-electron chi connectivity index (χ1n) is 8.50. The van der Waals surface area contributed by atoms with E-state index in [2.05, 4.69) is 5.32 Å². The zero-order chi connectivity index (χ0) is 21.7. The third kappa shape index (κ3) is 5.41. The molecule has 1 aromatic carbocycles. The molecule has 0 unspecified atom stereocenters. The molecule has 2 aromatic rings. The average Bonchev–Trinajstić information content (AvgIpc) is 2.99. The summed E-state index contributed by atoms with van der Waals surface area (Å²) < 4.78 is 15.4. The van der Waals surface area contributed by atoms with E-state index < -0.39 is 23.9 Å². The summed E-state index contributed by atoms with van der Waals surface area (Å²) in [5, 5.41) is 3.48. The van der Waals surface area contributed by atoms with Gasteiger partial charge in [0.05, 0.1) is 24.3 Å². The monoisotopic (exact) mass is 459 g/mol. The Hall–Kier alpha value is -2.29. The minimum Gasteiger partial charge on any atom is -0.479 e. The summed E-state index contributed by atoms with van der Waals surface area (Å²) in [6.07, 6.45) is -0.951. The van der Waals surface area contributed by atoms with E-state index in [1.165, 1.54) is 20.1 Å². The summed E-state index contributed by atoms with van der Waals surface area (Å²) in [7, 11) is 1.23. The normalized spacial score (nSPS) is 11.5. The highest BCUT2D eigenvalue weighted by Crippen LogP contribution is 2.35. The molecule has 1 amide bonds. The van der Waals surface area contributed by atoms with Crippen LogP contribution in [0.3, 0.4) is 0 Å². The number of carbonyl (C=O) groups is 3. The largest absolute Gasteiger partial charge is 0.479 e. The average molecular weight is 460 g/mol. The van der Waals surface area contributed by atoms with Gasteiger partial charge in [-0.1, -0.05) is 23.2 Å². The second kappa shape index (κ2) is 9.96. The highest BCUT2D eigenvalue weighted by atomic mass is 35.5. The molecule has 10 heteroatoms. The van der Waals surface area contributed by atoms with Gasteiger partial charge in [-0.25, -0.2) is 9.59 Å². The van der Waals surface area contributed by atoms with E-state index >= 15 is 0 Å². The zero-order valence-electron chi connectivity index (χ0n) is 16.1. The maximum absolute atomic E-state index is 12.6. The number of ether oxygens (including phenoxy) is 3. The van der Waals surface area contributed by atoms with Gasteiger partial charge >= 0.3 is 11.9 Å². The highest BCUT2D eigenvalue weighted by molar-refractivity contribution is 7.18. The number of thiophene rings is 1. The molecule has 0 spiro atoms. The van der Waals surface area contributed by atoms with E-state index in [9.17, 15) is 14.4 Å². The number of nitrogens with one attached hydrogen (secondary N) is 1. The predicted molar refractivity (Wildman–Crippen MR) is 112 cm³/mol. The standard InChI is InChI=1S/C19H19Cl2NO6S/c1-5-27-18(24)14-9(2)15(19(25)26-4)29-17(14)22-16(23)10(3)28-13-7-6-11(20)8-12(13)21/h6-8,10H,5H2,1-4H3,(H,22,23)/t10-/m1/s1. The second-order valence-corrected chi connectivity index (χ2v) is 7.66. The minimum atomic E-state index is -0.951. The Labute approximate surface area is 181 Å². The Morgan fingerprint density at radius 1 is 1.21 bits per heavy atom. The van der Waals surface area contributed by atoms with Crippen LogP contribution in [0.25, 0.3) is 0 Å². The summed E-state index contributed by atoms with van der Waals surface area (Å²) in [4.78, 5) is 37.1. The molecule has 0 fully saturated rings. The highest BCUT2D eigenvalue weighted by Gasteiger charge is 2.28. The van der Waals surface area contributed by atoms with E-state index in [4.69, 9.17) is 37.4 Å². The summed E-state index contributed by atoms with van der Waals surface area (Å²) >= 11 is 12.8. The fourth-order valence-corrected chi connectivity index (χ4v) is 3.94. The van der Waals surface area contributed by atoms with Crippen molar-refractivity contribution in [2.75, 3.05) is 19.0 Å². The third-order valence-electron chi connectivity index (χ3n) is 3.80. The van der Waals surface area contributed by atoms with Gasteiger partial charge < -0.3 is 19.5 Å². The number of methoxy groups -OCH3 is 1. The molecule has 0 aliphatic rings. The van der Waals surface area contributed by atoms with Crippen LogP contribution >= 0.6 is 34.5 Å². The molecule has 1 N–H and O–H groups in total. The van der Waals surface area contributed by atoms with Gasteiger partial charge in [-0.2, -0.15) is 0 Å². The van der Waals surface area contributed by atoms with E-state index in [1.54, 1.807) is 26.0 Å². The molecule has 1 heterocycles. The maximum Gasteiger partial charge on any atom is 0.348 e. The Morgan fingerprint density at radius 3 is 2.48 bits per heavy atom. The third-order valence-corrected chi connectivity index (χ3v) is 5.52. The number of esters is 2. The topological polar surface area (TPSA) is 90.9 Å². The fraction of sp³-hybridized carbons (Fsp3) is 0.316. The van der Waals surface area contributed by atoms with Crippen LogP contribution < -0.4 is 10.1 Å². The number of amides is 1. The van der Waals surface area contributed by atoms with Crippen molar-refractivity contribution < 1.29 is 28.6 Å². The van der Waals surface area contributed by atoms with Crippen LogP contribution in [-0.2, 0) is 14.3 Å². The molecule has 0 saturated heterocycles. The number of hydrogen-bond donors (Lipinski definition) is 1. The maximum atomic E-state index is 12.6. The summed E-state index contributed by atoms with van der Waals surface area (Å²) in [6.45, 7) is 4.90. The molecule has 0 saturated carbocycles. The number of hydrogen-bond acceptors (Lipinski definition) is 7. The van der Waals surface area contributed by atoms with Gasteiger partial charge in [0, 0.05) is 5.02 Å². The molecule has 0 aliphatic carbocycles. The summed E-state index contributed by atoms with van der Waals surface area (Å²) in [5.41, 5.74) is 0.465. The molecular weight excluding hydrogens is 441 g/mol.